The van der Waals surface area contributed by atoms with Crippen molar-refractivity contribution in [1.82, 2.24) is 14.1 Å². The third-order valence-electron chi connectivity index (χ3n) is 5.30. The molecule has 3 aromatic heterocycles. The maximum atomic E-state index is 14.2. The monoisotopic (exact) mass is 514 g/mol. The lowest BCUT2D eigenvalue weighted by molar-refractivity contribution is -0.138. The summed E-state index contributed by atoms with van der Waals surface area (Å²) >= 11 is 0.797. The number of hydrogen-bond acceptors (Lipinski definition) is 6. The molecule has 0 spiro atoms. The van der Waals surface area contributed by atoms with Gasteiger partial charge in [-0.25, -0.2) is 18.6 Å². The van der Waals surface area contributed by atoms with Crippen molar-refractivity contribution in [3.05, 3.63) is 66.9 Å². The van der Waals surface area contributed by atoms with Crippen LogP contribution in [0.25, 0.3) is 22.4 Å². The van der Waals surface area contributed by atoms with Gasteiger partial charge in [0.15, 0.2) is 5.13 Å². The average Bonchev–Trinajstić information content (AvgIpc) is 3.34. The third kappa shape index (κ3) is 4.24. The molecule has 0 aliphatic heterocycles. The lowest BCUT2D eigenvalue weighted by atomic mass is 10.1. The van der Waals surface area contributed by atoms with Crippen LogP contribution in [0.4, 0.5) is 27.1 Å². The van der Waals surface area contributed by atoms with Gasteiger partial charge in [-0.1, -0.05) is 0 Å². The maximum Gasteiger partial charge on any atom is 0.416 e. The fourth-order valence-corrected chi connectivity index (χ4v) is 4.27. The van der Waals surface area contributed by atoms with Crippen LogP contribution in [0.1, 0.15) is 16.9 Å². The summed E-state index contributed by atoms with van der Waals surface area (Å²) in [5.41, 5.74) is -3.56. The van der Waals surface area contributed by atoms with Gasteiger partial charge in [-0.2, -0.15) is 13.2 Å². The molecule has 0 fully saturated rings. The molecule has 0 radical (unpaired) electrons. The predicted octanol–water partition coefficient (Wildman–Crippen LogP) is 3.74. The van der Waals surface area contributed by atoms with Gasteiger partial charge in [0.1, 0.15) is 22.8 Å². The summed E-state index contributed by atoms with van der Waals surface area (Å²) in [4.78, 5) is 41.2. The fourth-order valence-electron chi connectivity index (χ4n) is 3.55. The fraction of sp³-hybridized carbons (Fsp3) is 0.238. The first-order valence-electron chi connectivity index (χ1n) is 9.79. The standard InChI is InChI=1S/C21H15F5N4O4S/c1-8-10(15-17(32)29(2)20(33)30(3)18(15)34-8)6-14(31)28-19-27-13(7-35-19)16-11(22)4-9(5-12(16)23)21(24,25)26/h4-5,7H,6H2,1-3H3,(H,27,28,31). The first kappa shape index (κ1) is 24.3. The van der Waals surface area contributed by atoms with Gasteiger partial charge in [0, 0.05) is 25.0 Å². The summed E-state index contributed by atoms with van der Waals surface area (Å²) in [6.45, 7) is 1.52. The molecule has 4 rings (SSSR count). The van der Waals surface area contributed by atoms with Crippen LogP contribution in [-0.2, 0) is 31.5 Å². The molecule has 1 N–H and O–H groups in total. The Labute approximate surface area is 196 Å². The van der Waals surface area contributed by atoms with E-state index in [2.05, 4.69) is 10.3 Å². The lowest BCUT2D eigenvalue weighted by Gasteiger charge is -2.09. The van der Waals surface area contributed by atoms with E-state index in [-0.39, 0.29) is 51.8 Å². The molecule has 1 aromatic carbocycles. The van der Waals surface area contributed by atoms with Crippen LogP contribution in [-0.4, -0.2) is 20.0 Å². The molecule has 8 nitrogen and oxygen atoms in total. The normalized spacial score (nSPS) is 11.9. The quantitative estimate of drug-likeness (QED) is 0.419. The summed E-state index contributed by atoms with van der Waals surface area (Å²) in [5, 5.41) is 3.57. The van der Waals surface area contributed by atoms with E-state index in [0.717, 1.165) is 20.5 Å². The Hall–Kier alpha value is -3.81. The van der Waals surface area contributed by atoms with E-state index in [9.17, 15) is 36.3 Å². The van der Waals surface area contributed by atoms with Gasteiger partial charge < -0.3 is 9.73 Å². The topological polar surface area (TPSA) is 99.1 Å². The predicted molar refractivity (Wildman–Crippen MR) is 116 cm³/mol. The van der Waals surface area contributed by atoms with Crippen molar-refractivity contribution in [3.63, 3.8) is 0 Å². The van der Waals surface area contributed by atoms with Crippen molar-refractivity contribution < 1.29 is 31.2 Å². The van der Waals surface area contributed by atoms with Crippen molar-refractivity contribution in [1.29, 1.82) is 0 Å². The number of furan rings is 1. The Kier molecular flexibility index (Phi) is 5.87. The van der Waals surface area contributed by atoms with E-state index >= 15 is 0 Å². The first-order valence-corrected chi connectivity index (χ1v) is 10.7. The Balaban J connectivity index is 1.61. The number of thiazole rings is 1. The zero-order chi connectivity index (χ0) is 25.8. The zero-order valence-corrected chi connectivity index (χ0v) is 19.0. The Morgan fingerprint density at radius 3 is 2.37 bits per heavy atom. The number of alkyl halides is 3. The van der Waals surface area contributed by atoms with E-state index in [1.54, 1.807) is 0 Å². The summed E-state index contributed by atoms with van der Waals surface area (Å²) in [6.07, 6.45) is -5.27. The van der Waals surface area contributed by atoms with E-state index in [0.29, 0.717) is 0 Å². The third-order valence-corrected chi connectivity index (χ3v) is 6.06. The van der Waals surface area contributed by atoms with E-state index in [4.69, 9.17) is 4.42 Å². The summed E-state index contributed by atoms with van der Waals surface area (Å²) in [6, 6.07) is 0.327. The van der Waals surface area contributed by atoms with Crippen molar-refractivity contribution in [2.45, 2.75) is 19.5 Å². The molecular weight excluding hydrogens is 499 g/mol. The van der Waals surface area contributed by atoms with Crippen molar-refractivity contribution in [3.8, 4) is 11.3 Å². The summed E-state index contributed by atoms with van der Waals surface area (Å²) in [7, 11) is 2.69. The highest BCUT2D eigenvalue weighted by Gasteiger charge is 2.33. The van der Waals surface area contributed by atoms with E-state index < -0.39 is 46.1 Å². The maximum absolute atomic E-state index is 14.2. The van der Waals surface area contributed by atoms with Crippen molar-refractivity contribution >= 4 is 33.5 Å². The number of nitrogens with one attached hydrogen (secondary N) is 1. The second-order valence-electron chi connectivity index (χ2n) is 7.60. The number of benzene rings is 1. The number of carbonyl (C=O) groups excluding carboxylic acids is 1. The smallest absolute Gasteiger partial charge is 0.416 e. The molecule has 0 atom stereocenters. The number of rotatable bonds is 4. The number of amides is 1. The Morgan fingerprint density at radius 1 is 1.14 bits per heavy atom. The molecule has 0 unspecified atom stereocenters. The molecule has 1 amide bonds. The van der Waals surface area contributed by atoms with Crippen molar-refractivity contribution in [2.75, 3.05) is 5.32 Å². The minimum Gasteiger partial charge on any atom is -0.444 e. The Bertz CT molecular complexity index is 1590. The van der Waals surface area contributed by atoms with Crippen molar-refractivity contribution in [2.24, 2.45) is 14.1 Å². The molecule has 0 saturated carbocycles. The van der Waals surface area contributed by atoms with Gasteiger partial charge in [0.05, 0.1) is 23.2 Å². The minimum atomic E-state index is -4.93. The molecule has 14 heteroatoms. The molecule has 4 aromatic rings. The molecule has 0 bridgehead atoms. The zero-order valence-electron chi connectivity index (χ0n) is 18.2. The van der Waals surface area contributed by atoms with E-state index in [1.165, 1.54) is 26.4 Å². The van der Waals surface area contributed by atoms with Crippen LogP contribution in [0, 0.1) is 18.6 Å². The number of halogens is 5. The van der Waals surface area contributed by atoms with Gasteiger partial charge in [-0.15, -0.1) is 11.3 Å². The second kappa shape index (κ2) is 8.45. The van der Waals surface area contributed by atoms with Gasteiger partial charge >= 0.3 is 11.9 Å². The van der Waals surface area contributed by atoms with Crippen LogP contribution in [0.15, 0.2) is 31.5 Å². The molecular formula is C21H15F5N4O4S. The first-order chi connectivity index (χ1) is 16.3. The average molecular weight is 514 g/mol. The number of aromatic nitrogens is 3. The SMILES string of the molecule is Cc1oc2c(c1CC(=O)Nc1nc(-c3c(F)cc(C(F)(F)F)cc3F)cs1)c(=O)n(C)c(=O)n2C. The van der Waals surface area contributed by atoms with Gasteiger partial charge in [0.25, 0.3) is 5.56 Å². The number of carbonyl (C=O) groups is 1. The summed E-state index contributed by atoms with van der Waals surface area (Å²) in [5.74, 6) is -3.33. The lowest BCUT2D eigenvalue weighted by Crippen LogP contribution is -2.36. The number of hydrogen-bond donors (Lipinski definition) is 1. The highest BCUT2D eigenvalue weighted by Crippen LogP contribution is 2.35. The number of anilines is 1. The number of nitrogens with zero attached hydrogens (tertiary/aromatic N) is 3. The van der Waals surface area contributed by atoms with Gasteiger partial charge in [0.2, 0.25) is 11.6 Å². The van der Waals surface area contributed by atoms with Crippen LogP contribution in [0.3, 0.4) is 0 Å². The number of aryl methyl sites for hydroxylation is 2. The molecule has 0 saturated heterocycles. The van der Waals surface area contributed by atoms with Crippen LogP contribution < -0.4 is 16.6 Å². The molecule has 0 aliphatic rings. The highest BCUT2D eigenvalue weighted by molar-refractivity contribution is 7.14. The minimum absolute atomic E-state index is 0.00295. The molecule has 3 heterocycles. The van der Waals surface area contributed by atoms with Crippen LogP contribution in [0.5, 0.6) is 0 Å². The molecule has 0 aliphatic carbocycles. The molecule has 184 valence electrons. The highest BCUT2D eigenvalue weighted by atomic mass is 32.1. The largest absolute Gasteiger partial charge is 0.444 e. The van der Waals surface area contributed by atoms with Gasteiger partial charge in [-0.3, -0.25) is 18.7 Å². The van der Waals surface area contributed by atoms with Gasteiger partial charge in [-0.05, 0) is 19.1 Å². The number of fused-ring (bicyclic) bond motifs is 1. The second-order valence-corrected chi connectivity index (χ2v) is 8.46. The van der Waals surface area contributed by atoms with E-state index in [1.807, 2.05) is 0 Å². The molecule has 35 heavy (non-hydrogen) atoms. The van der Waals surface area contributed by atoms with Crippen LogP contribution >= 0.6 is 11.3 Å². The van der Waals surface area contributed by atoms with Crippen LogP contribution in [0.2, 0.25) is 0 Å². The summed E-state index contributed by atoms with van der Waals surface area (Å²) < 4.78 is 74.3. The Morgan fingerprint density at radius 2 is 1.77 bits per heavy atom.